The Morgan fingerprint density at radius 3 is 2.21 bits per heavy atom. The summed E-state index contributed by atoms with van der Waals surface area (Å²) in [7, 11) is -3.57. The van der Waals surface area contributed by atoms with Crippen LogP contribution >= 0.6 is 11.6 Å². The molecule has 1 N–H and O–H groups in total. The summed E-state index contributed by atoms with van der Waals surface area (Å²) in [5, 5.41) is 6.98. The van der Waals surface area contributed by atoms with E-state index in [1.54, 1.807) is 48.5 Å². The van der Waals surface area contributed by atoms with Gasteiger partial charge in [0.1, 0.15) is 12.4 Å². The van der Waals surface area contributed by atoms with E-state index < -0.39 is 15.9 Å². The molecule has 5 aromatic rings. The molecule has 0 bridgehead atoms. The van der Waals surface area contributed by atoms with Gasteiger partial charge in [0.15, 0.2) is 0 Å². The van der Waals surface area contributed by atoms with Crippen molar-refractivity contribution >= 4 is 50.2 Å². The van der Waals surface area contributed by atoms with E-state index in [0.717, 1.165) is 28.7 Å². The molecule has 42 heavy (non-hydrogen) atoms. The lowest BCUT2D eigenvalue weighted by molar-refractivity contribution is 0.0955. The Kier molecular flexibility index (Phi) is 8.85. The number of ether oxygens (including phenoxy) is 1. The number of nitrogens with one attached hydrogen (secondary N) is 1. The number of hydrazone groups is 1. The molecule has 0 aromatic heterocycles. The smallest absolute Gasteiger partial charge is 0.271 e. The number of hydrogen-bond acceptors (Lipinski definition) is 5. The first-order valence-electron chi connectivity index (χ1n) is 13.1. The number of sulfonamides is 1. The monoisotopic (exact) mass is 597 g/mol. The summed E-state index contributed by atoms with van der Waals surface area (Å²) in [6.07, 6.45) is 2.68. The third-order valence-electron chi connectivity index (χ3n) is 6.54. The molecule has 0 saturated carbocycles. The number of anilines is 1. The van der Waals surface area contributed by atoms with Gasteiger partial charge in [-0.1, -0.05) is 60.1 Å². The first kappa shape index (κ1) is 28.9. The highest BCUT2D eigenvalue weighted by Gasteiger charge is 2.18. The molecule has 0 aliphatic carbocycles. The van der Waals surface area contributed by atoms with Gasteiger partial charge in [0.25, 0.3) is 5.91 Å². The number of benzene rings is 5. The molecule has 9 heteroatoms. The second kappa shape index (κ2) is 12.9. The summed E-state index contributed by atoms with van der Waals surface area (Å²) < 4.78 is 32.1. The SMILES string of the molecule is CS(=O)(=O)N(Cc1ccc(Cl)cc1)c1ccc(C(=O)N/N=C\c2ccc(OCc3ccc4ccccc4c3)cc2)cc1. The molecular formula is C33H28ClN3O4S. The van der Waals surface area contributed by atoms with Crippen molar-refractivity contribution in [3.05, 3.63) is 143 Å². The molecular weight excluding hydrogens is 570 g/mol. The molecule has 0 radical (unpaired) electrons. The molecule has 0 heterocycles. The van der Waals surface area contributed by atoms with Crippen LogP contribution in [0.3, 0.4) is 0 Å². The van der Waals surface area contributed by atoms with Crippen molar-refractivity contribution in [1.29, 1.82) is 0 Å². The quantitative estimate of drug-likeness (QED) is 0.142. The molecule has 0 atom stereocenters. The average molecular weight is 598 g/mol. The van der Waals surface area contributed by atoms with Gasteiger partial charge in [0, 0.05) is 10.6 Å². The number of rotatable bonds is 10. The number of carbonyl (C=O) groups excluding carboxylic acids is 1. The van der Waals surface area contributed by atoms with Gasteiger partial charge in [-0.2, -0.15) is 5.10 Å². The molecule has 0 aliphatic rings. The van der Waals surface area contributed by atoms with E-state index >= 15 is 0 Å². The van der Waals surface area contributed by atoms with Gasteiger partial charge in [-0.25, -0.2) is 13.8 Å². The van der Waals surface area contributed by atoms with E-state index in [1.165, 1.54) is 21.3 Å². The van der Waals surface area contributed by atoms with E-state index in [2.05, 4.69) is 40.9 Å². The second-order valence-corrected chi connectivity index (χ2v) is 12.0. The Labute approximate surface area is 250 Å². The summed E-state index contributed by atoms with van der Waals surface area (Å²) in [6, 6.07) is 35.1. The molecule has 5 rings (SSSR count). The van der Waals surface area contributed by atoms with Crippen LogP contribution in [0.25, 0.3) is 10.8 Å². The average Bonchev–Trinajstić information content (AvgIpc) is 3.00. The van der Waals surface area contributed by atoms with Crippen molar-refractivity contribution in [2.45, 2.75) is 13.2 Å². The zero-order chi connectivity index (χ0) is 29.5. The molecule has 0 fully saturated rings. The van der Waals surface area contributed by atoms with Crippen LogP contribution in [0.1, 0.15) is 27.0 Å². The Morgan fingerprint density at radius 1 is 0.857 bits per heavy atom. The highest BCUT2D eigenvalue weighted by atomic mass is 35.5. The summed E-state index contributed by atoms with van der Waals surface area (Å²) in [5.74, 6) is 0.306. The first-order valence-corrected chi connectivity index (χ1v) is 15.3. The largest absolute Gasteiger partial charge is 0.489 e. The number of amides is 1. The number of hydrogen-bond donors (Lipinski definition) is 1. The maximum atomic E-state index is 12.6. The van der Waals surface area contributed by atoms with Crippen LogP contribution in [0.15, 0.2) is 120 Å². The number of carbonyl (C=O) groups is 1. The maximum absolute atomic E-state index is 12.6. The molecule has 7 nitrogen and oxygen atoms in total. The van der Waals surface area contributed by atoms with Gasteiger partial charge < -0.3 is 4.74 Å². The van der Waals surface area contributed by atoms with E-state index in [9.17, 15) is 13.2 Å². The van der Waals surface area contributed by atoms with Crippen LogP contribution < -0.4 is 14.5 Å². The van der Waals surface area contributed by atoms with Crippen LogP contribution in [0.2, 0.25) is 5.02 Å². The second-order valence-electron chi connectivity index (χ2n) is 9.68. The third-order valence-corrected chi connectivity index (χ3v) is 7.93. The van der Waals surface area contributed by atoms with Crippen LogP contribution in [0.5, 0.6) is 5.75 Å². The van der Waals surface area contributed by atoms with Crippen LogP contribution in [-0.4, -0.2) is 26.8 Å². The van der Waals surface area contributed by atoms with Crippen LogP contribution in [-0.2, 0) is 23.2 Å². The van der Waals surface area contributed by atoms with Crippen molar-refractivity contribution in [3.63, 3.8) is 0 Å². The van der Waals surface area contributed by atoms with Crippen LogP contribution in [0, 0.1) is 0 Å². The molecule has 5 aromatic carbocycles. The fourth-order valence-corrected chi connectivity index (χ4v) is 5.32. The highest BCUT2D eigenvalue weighted by molar-refractivity contribution is 7.92. The minimum atomic E-state index is -3.57. The van der Waals surface area contributed by atoms with Gasteiger partial charge in [-0.3, -0.25) is 9.10 Å². The number of fused-ring (bicyclic) bond motifs is 1. The fraction of sp³-hybridized carbons (Fsp3) is 0.0909. The number of nitrogens with zero attached hydrogens (tertiary/aromatic N) is 2. The summed E-state index contributed by atoms with van der Waals surface area (Å²) in [4.78, 5) is 12.6. The molecule has 0 aliphatic heterocycles. The Bertz CT molecular complexity index is 1820. The minimum Gasteiger partial charge on any atom is -0.489 e. The fourth-order valence-electron chi connectivity index (χ4n) is 4.31. The standard InChI is InChI=1S/C33H28ClN3O4S/c1-42(39,40)37(22-25-7-14-30(34)15-8-25)31-16-12-28(13-17-31)33(38)36-35-21-24-9-18-32(19-10-24)41-23-26-6-11-27-4-2-3-5-29(27)20-26/h2-21H,22-23H2,1H3,(H,36,38)/b35-21-. The van der Waals surface area contributed by atoms with E-state index in [0.29, 0.717) is 22.9 Å². The lowest BCUT2D eigenvalue weighted by atomic mass is 10.1. The highest BCUT2D eigenvalue weighted by Crippen LogP contribution is 2.22. The summed E-state index contributed by atoms with van der Waals surface area (Å²) in [6.45, 7) is 0.593. The minimum absolute atomic E-state index is 0.138. The lowest BCUT2D eigenvalue weighted by Gasteiger charge is -2.22. The molecule has 1 amide bonds. The van der Waals surface area contributed by atoms with Crippen molar-refractivity contribution in [1.82, 2.24) is 5.43 Å². The van der Waals surface area contributed by atoms with Gasteiger partial charge in [-0.15, -0.1) is 0 Å². The predicted octanol–water partition coefficient (Wildman–Crippen LogP) is 6.80. The van der Waals surface area contributed by atoms with Gasteiger partial charge in [0.2, 0.25) is 10.0 Å². The third kappa shape index (κ3) is 7.54. The molecule has 0 unspecified atom stereocenters. The van der Waals surface area contributed by atoms with Gasteiger partial charge in [0.05, 0.1) is 24.7 Å². The zero-order valence-corrected chi connectivity index (χ0v) is 24.3. The Hall–Kier alpha value is -4.66. The van der Waals surface area contributed by atoms with Crippen LogP contribution in [0.4, 0.5) is 5.69 Å². The molecule has 0 saturated heterocycles. The first-order chi connectivity index (χ1) is 20.2. The maximum Gasteiger partial charge on any atom is 0.271 e. The number of halogens is 1. The van der Waals surface area contributed by atoms with E-state index in [-0.39, 0.29) is 6.54 Å². The topological polar surface area (TPSA) is 88.1 Å². The van der Waals surface area contributed by atoms with Gasteiger partial charge >= 0.3 is 0 Å². The molecule has 0 spiro atoms. The van der Waals surface area contributed by atoms with E-state index in [1.807, 2.05) is 36.4 Å². The van der Waals surface area contributed by atoms with Crippen molar-refractivity contribution in [2.75, 3.05) is 10.6 Å². The van der Waals surface area contributed by atoms with Gasteiger partial charge in [-0.05, 0) is 94.2 Å². The lowest BCUT2D eigenvalue weighted by Crippen LogP contribution is -2.29. The Balaban J connectivity index is 1.15. The summed E-state index contributed by atoms with van der Waals surface area (Å²) >= 11 is 5.94. The van der Waals surface area contributed by atoms with Crippen molar-refractivity contribution in [2.24, 2.45) is 5.10 Å². The van der Waals surface area contributed by atoms with Crippen molar-refractivity contribution < 1.29 is 17.9 Å². The molecule has 212 valence electrons. The summed E-state index contributed by atoms with van der Waals surface area (Å²) in [5.41, 5.74) is 5.94. The van der Waals surface area contributed by atoms with Crippen molar-refractivity contribution in [3.8, 4) is 5.75 Å². The van der Waals surface area contributed by atoms with E-state index in [4.69, 9.17) is 16.3 Å². The zero-order valence-electron chi connectivity index (χ0n) is 22.8. The Morgan fingerprint density at radius 2 is 1.52 bits per heavy atom. The normalized spacial score (nSPS) is 11.5. The predicted molar refractivity (Wildman–Crippen MR) is 169 cm³/mol.